The van der Waals surface area contributed by atoms with Gasteiger partial charge >= 0.3 is 6.18 Å². The number of carbonyl (C=O) groups excluding carboxylic acids is 1. The molecule has 1 amide bonds. The molecule has 1 fully saturated rings. The third-order valence-electron chi connectivity index (χ3n) is 4.70. The van der Waals surface area contributed by atoms with E-state index < -0.39 is 11.7 Å². The second-order valence-corrected chi connectivity index (χ2v) is 6.13. The topological polar surface area (TPSA) is 32.3 Å². The molecule has 0 aliphatic carbocycles. The van der Waals surface area contributed by atoms with Gasteiger partial charge in [0.2, 0.25) is 5.91 Å². The molecule has 2 atom stereocenters. The van der Waals surface area contributed by atoms with Crippen molar-refractivity contribution >= 4 is 5.91 Å². The van der Waals surface area contributed by atoms with E-state index >= 15 is 0 Å². The Morgan fingerprint density at radius 2 is 2.00 bits per heavy atom. The molecular weight excluding hydrogens is 305 g/mol. The predicted octanol–water partition coefficient (Wildman–Crippen LogP) is 3.47. The van der Waals surface area contributed by atoms with E-state index in [1.54, 1.807) is 17.9 Å². The smallest absolute Gasteiger partial charge is 0.336 e. The summed E-state index contributed by atoms with van der Waals surface area (Å²) in [7, 11) is 0. The molecule has 1 aliphatic heterocycles. The average molecular weight is 328 g/mol. The molecule has 2 rings (SSSR count). The Hall–Kier alpha value is -1.56. The first-order chi connectivity index (χ1) is 10.8. The zero-order valence-electron chi connectivity index (χ0n) is 13.7. The lowest BCUT2D eigenvalue weighted by Crippen LogP contribution is -2.50. The van der Waals surface area contributed by atoms with Gasteiger partial charge in [-0.25, -0.2) is 0 Å². The summed E-state index contributed by atoms with van der Waals surface area (Å²) in [6.45, 7) is 7.65. The number of halogens is 3. The Kier molecular flexibility index (Phi) is 5.34. The molecule has 0 spiro atoms. The van der Waals surface area contributed by atoms with Crippen molar-refractivity contribution < 1.29 is 18.0 Å². The fourth-order valence-corrected chi connectivity index (χ4v) is 2.90. The molecule has 1 aromatic carbocycles. The van der Waals surface area contributed by atoms with E-state index in [-0.39, 0.29) is 17.9 Å². The number of nitrogens with one attached hydrogen (secondary N) is 1. The van der Waals surface area contributed by atoms with Crippen molar-refractivity contribution in [2.75, 3.05) is 19.6 Å². The van der Waals surface area contributed by atoms with Gasteiger partial charge in [0.1, 0.15) is 0 Å². The second kappa shape index (κ2) is 6.91. The largest absolute Gasteiger partial charge is 0.416 e. The van der Waals surface area contributed by atoms with E-state index in [4.69, 9.17) is 0 Å². The molecule has 6 heteroatoms. The number of carbonyl (C=O) groups is 1. The highest BCUT2D eigenvalue weighted by atomic mass is 19.4. The summed E-state index contributed by atoms with van der Waals surface area (Å²) in [5.41, 5.74) is -0.171. The highest BCUT2D eigenvalue weighted by Gasteiger charge is 2.34. The quantitative estimate of drug-likeness (QED) is 0.898. The number of rotatable bonds is 5. The second-order valence-electron chi connectivity index (χ2n) is 6.13. The van der Waals surface area contributed by atoms with Gasteiger partial charge in [0.05, 0.1) is 11.6 Å². The highest BCUT2D eigenvalue weighted by molar-refractivity contribution is 5.79. The lowest BCUT2D eigenvalue weighted by atomic mass is 9.87. The van der Waals surface area contributed by atoms with E-state index in [1.807, 2.05) is 13.8 Å². The normalized spacial score (nSPS) is 18.2. The highest BCUT2D eigenvalue weighted by Crippen LogP contribution is 2.32. The van der Waals surface area contributed by atoms with Crippen LogP contribution in [0.5, 0.6) is 0 Å². The Morgan fingerprint density at radius 3 is 2.48 bits per heavy atom. The molecule has 0 bridgehead atoms. The van der Waals surface area contributed by atoms with Crippen LogP contribution in [-0.2, 0) is 11.0 Å². The van der Waals surface area contributed by atoms with Gasteiger partial charge in [-0.15, -0.1) is 0 Å². The van der Waals surface area contributed by atoms with Gasteiger partial charge in [0.15, 0.2) is 0 Å². The number of hydrogen-bond acceptors (Lipinski definition) is 2. The van der Waals surface area contributed by atoms with Gasteiger partial charge in [-0.05, 0) is 50.6 Å². The summed E-state index contributed by atoms with van der Waals surface area (Å²) in [6, 6.07) is 4.84. The fraction of sp³-hybridized carbons (Fsp3) is 0.588. The van der Waals surface area contributed by atoms with Gasteiger partial charge in [-0.1, -0.05) is 19.1 Å². The maximum absolute atomic E-state index is 12.9. The lowest BCUT2D eigenvalue weighted by Gasteiger charge is -2.37. The van der Waals surface area contributed by atoms with Crippen LogP contribution in [0, 0.1) is 11.8 Å². The monoisotopic (exact) mass is 328 g/mol. The summed E-state index contributed by atoms with van der Waals surface area (Å²) < 4.78 is 38.6. The van der Waals surface area contributed by atoms with Crippen LogP contribution in [0.15, 0.2) is 24.3 Å². The Labute approximate surface area is 134 Å². The minimum Gasteiger partial charge on any atom is -0.336 e. The van der Waals surface area contributed by atoms with Crippen LogP contribution in [0.3, 0.4) is 0 Å². The molecule has 1 aromatic rings. The number of nitrogens with zero attached hydrogens (tertiary/aromatic N) is 1. The molecule has 0 aromatic heterocycles. The molecule has 1 aliphatic rings. The van der Waals surface area contributed by atoms with Crippen molar-refractivity contribution in [3.63, 3.8) is 0 Å². The van der Waals surface area contributed by atoms with Crippen molar-refractivity contribution in [1.82, 2.24) is 10.2 Å². The fourth-order valence-electron chi connectivity index (χ4n) is 2.90. The summed E-state index contributed by atoms with van der Waals surface area (Å²) in [4.78, 5) is 14.3. The predicted molar refractivity (Wildman–Crippen MR) is 82.8 cm³/mol. The zero-order chi connectivity index (χ0) is 17.2. The van der Waals surface area contributed by atoms with E-state index in [0.29, 0.717) is 18.0 Å². The third-order valence-corrected chi connectivity index (χ3v) is 4.70. The van der Waals surface area contributed by atoms with Crippen molar-refractivity contribution in [2.24, 2.45) is 11.8 Å². The maximum atomic E-state index is 12.9. The van der Waals surface area contributed by atoms with Crippen molar-refractivity contribution in [3.8, 4) is 0 Å². The summed E-state index contributed by atoms with van der Waals surface area (Å²) in [5.74, 6) is 0.193. The SMILES string of the molecule is CCN(C(=O)C(C)C1CNC1)C(C)c1cccc(C(F)(F)F)c1. The van der Waals surface area contributed by atoms with Crippen LogP contribution in [0.4, 0.5) is 13.2 Å². The number of alkyl halides is 3. The molecule has 1 saturated heterocycles. The van der Waals surface area contributed by atoms with Crippen LogP contribution >= 0.6 is 0 Å². The number of hydrogen-bond donors (Lipinski definition) is 1. The minimum absolute atomic E-state index is 0.00362. The van der Waals surface area contributed by atoms with Crippen molar-refractivity contribution in [1.29, 1.82) is 0 Å². The Bertz CT molecular complexity index is 555. The number of amides is 1. The Balaban J connectivity index is 2.19. The average Bonchev–Trinajstić information content (AvgIpc) is 2.45. The van der Waals surface area contributed by atoms with Crippen LogP contribution < -0.4 is 5.32 Å². The van der Waals surface area contributed by atoms with Crippen molar-refractivity contribution in [2.45, 2.75) is 33.0 Å². The Morgan fingerprint density at radius 1 is 1.35 bits per heavy atom. The van der Waals surface area contributed by atoms with E-state index in [2.05, 4.69) is 5.32 Å². The maximum Gasteiger partial charge on any atom is 0.416 e. The molecule has 0 radical (unpaired) electrons. The van der Waals surface area contributed by atoms with Gasteiger partial charge < -0.3 is 10.2 Å². The summed E-state index contributed by atoms with van der Waals surface area (Å²) in [5, 5.41) is 3.14. The van der Waals surface area contributed by atoms with Gasteiger partial charge in [-0.2, -0.15) is 13.2 Å². The molecule has 1 N–H and O–H groups in total. The standard InChI is InChI=1S/C17H23F3N2O/c1-4-22(16(23)11(2)14-9-21-10-14)12(3)13-6-5-7-15(8-13)17(18,19)20/h5-8,11-12,14,21H,4,9-10H2,1-3H3. The van der Waals surface area contributed by atoms with E-state index in [0.717, 1.165) is 25.2 Å². The number of benzene rings is 1. The van der Waals surface area contributed by atoms with Crippen LogP contribution in [0.1, 0.15) is 37.9 Å². The summed E-state index contributed by atoms with van der Waals surface area (Å²) in [6.07, 6.45) is -4.37. The molecule has 3 nitrogen and oxygen atoms in total. The first-order valence-corrected chi connectivity index (χ1v) is 7.94. The van der Waals surface area contributed by atoms with Gasteiger partial charge in [0.25, 0.3) is 0 Å². The van der Waals surface area contributed by atoms with Crippen LogP contribution in [0.25, 0.3) is 0 Å². The summed E-state index contributed by atoms with van der Waals surface area (Å²) >= 11 is 0. The van der Waals surface area contributed by atoms with Gasteiger partial charge in [0, 0.05) is 12.5 Å². The van der Waals surface area contributed by atoms with Crippen molar-refractivity contribution in [3.05, 3.63) is 35.4 Å². The lowest BCUT2D eigenvalue weighted by molar-refractivity contribution is -0.139. The van der Waals surface area contributed by atoms with E-state index in [9.17, 15) is 18.0 Å². The first kappa shape index (κ1) is 17.8. The molecule has 0 saturated carbocycles. The zero-order valence-corrected chi connectivity index (χ0v) is 13.7. The van der Waals surface area contributed by atoms with E-state index in [1.165, 1.54) is 6.07 Å². The minimum atomic E-state index is -4.37. The molecule has 23 heavy (non-hydrogen) atoms. The van der Waals surface area contributed by atoms with Gasteiger partial charge in [-0.3, -0.25) is 4.79 Å². The molecule has 128 valence electrons. The molecule has 2 unspecified atom stereocenters. The molecular formula is C17H23F3N2O. The first-order valence-electron chi connectivity index (χ1n) is 7.94. The van der Waals surface area contributed by atoms with Crippen LogP contribution in [-0.4, -0.2) is 30.4 Å². The molecule has 1 heterocycles. The third kappa shape index (κ3) is 3.86. The van der Waals surface area contributed by atoms with Crippen LogP contribution in [0.2, 0.25) is 0 Å².